The van der Waals surface area contributed by atoms with Crippen molar-refractivity contribution >= 4 is 11.9 Å². The van der Waals surface area contributed by atoms with Crippen LogP contribution in [0.4, 0.5) is 0 Å². The van der Waals surface area contributed by atoms with E-state index in [1.54, 1.807) is 18.6 Å². The fourth-order valence-electron chi connectivity index (χ4n) is 6.09. The van der Waals surface area contributed by atoms with Gasteiger partial charge in [-0.15, -0.1) is 0 Å². The predicted molar refractivity (Wildman–Crippen MR) is 99.9 cm³/mol. The van der Waals surface area contributed by atoms with E-state index >= 15 is 0 Å². The van der Waals surface area contributed by atoms with Crippen molar-refractivity contribution in [3.63, 3.8) is 0 Å². The van der Waals surface area contributed by atoms with Crippen LogP contribution in [0.2, 0.25) is 0 Å². The van der Waals surface area contributed by atoms with E-state index in [1.165, 1.54) is 6.92 Å². The lowest BCUT2D eigenvalue weighted by atomic mass is 9.45. The van der Waals surface area contributed by atoms with Gasteiger partial charge in [-0.3, -0.25) is 4.79 Å². The maximum atomic E-state index is 12.6. The summed E-state index contributed by atoms with van der Waals surface area (Å²) in [6, 6.07) is 1.77. The van der Waals surface area contributed by atoms with Crippen LogP contribution in [-0.2, 0) is 19.1 Å². The summed E-state index contributed by atoms with van der Waals surface area (Å²) < 4.78 is 16.6. The minimum Gasteiger partial charge on any atom is -0.472 e. The predicted octanol–water partition coefficient (Wildman–Crippen LogP) is 3.56. The monoisotopic (exact) mass is 388 g/mol. The van der Waals surface area contributed by atoms with Crippen molar-refractivity contribution in [2.45, 2.75) is 65.3 Å². The SMILES string of the molecule is CC(=O)O[C@@H]1CC=C2C(=O)O[C@H]3C[C@@H](C)[C@](C)(C[C@H](O)c4ccoc4)[C@@H]1[C@@]23C. The first-order chi connectivity index (χ1) is 13.2. The maximum absolute atomic E-state index is 12.6. The van der Waals surface area contributed by atoms with Crippen LogP contribution in [0.5, 0.6) is 0 Å². The van der Waals surface area contributed by atoms with Crippen molar-refractivity contribution in [1.29, 1.82) is 0 Å². The average molecular weight is 388 g/mol. The summed E-state index contributed by atoms with van der Waals surface area (Å²) in [7, 11) is 0. The van der Waals surface area contributed by atoms with Crippen LogP contribution in [0, 0.1) is 22.7 Å². The number of carbonyl (C=O) groups excluding carboxylic acids is 2. The molecule has 152 valence electrons. The molecule has 1 aliphatic heterocycles. The van der Waals surface area contributed by atoms with Gasteiger partial charge in [-0.1, -0.05) is 26.8 Å². The van der Waals surface area contributed by atoms with Crippen molar-refractivity contribution < 1.29 is 28.6 Å². The Balaban J connectivity index is 1.78. The Morgan fingerprint density at radius 2 is 2.18 bits per heavy atom. The molecule has 6 heteroatoms. The fourth-order valence-corrected chi connectivity index (χ4v) is 6.09. The van der Waals surface area contributed by atoms with E-state index in [4.69, 9.17) is 13.9 Å². The fraction of sp³-hybridized carbons (Fsp3) is 0.636. The number of rotatable bonds is 4. The molecule has 2 heterocycles. The topological polar surface area (TPSA) is 86.0 Å². The molecule has 0 amide bonds. The van der Waals surface area contributed by atoms with Crippen LogP contribution in [0.1, 0.15) is 58.6 Å². The molecule has 0 bridgehead atoms. The third kappa shape index (κ3) is 2.65. The summed E-state index contributed by atoms with van der Waals surface area (Å²) in [5.41, 5.74) is 0.527. The first-order valence-electron chi connectivity index (χ1n) is 9.97. The zero-order valence-corrected chi connectivity index (χ0v) is 16.8. The molecular weight excluding hydrogens is 360 g/mol. The van der Waals surface area contributed by atoms with Gasteiger partial charge in [0.15, 0.2) is 0 Å². The van der Waals surface area contributed by atoms with E-state index in [0.29, 0.717) is 18.4 Å². The van der Waals surface area contributed by atoms with Crippen molar-refractivity contribution in [3.8, 4) is 0 Å². The molecule has 1 aromatic rings. The Morgan fingerprint density at radius 3 is 2.82 bits per heavy atom. The molecule has 0 unspecified atom stereocenters. The number of furan rings is 1. The minimum absolute atomic E-state index is 0.134. The molecule has 1 aromatic heterocycles. The number of ether oxygens (including phenoxy) is 2. The summed E-state index contributed by atoms with van der Waals surface area (Å²) in [5.74, 6) is -0.556. The minimum atomic E-state index is -0.697. The van der Waals surface area contributed by atoms with Gasteiger partial charge in [0.25, 0.3) is 0 Å². The van der Waals surface area contributed by atoms with E-state index in [1.807, 2.05) is 6.08 Å². The molecule has 4 rings (SSSR count). The van der Waals surface area contributed by atoms with Crippen LogP contribution in [0.3, 0.4) is 0 Å². The van der Waals surface area contributed by atoms with Gasteiger partial charge in [0.1, 0.15) is 12.2 Å². The highest BCUT2D eigenvalue weighted by Crippen LogP contribution is 2.65. The first-order valence-corrected chi connectivity index (χ1v) is 9.97. The lowest BCUT2D eigenvalue weighted by Crippen LogP contribution is -2.60. The second-order valence-corrected chi connectivity index (χ2v) is 9.07. The number of hydrogen-bond donors (Lipinski definition) is 1. The summed E-state index contributed by atoms with van der Waals surface area (Å²) in [6.45, 7) is 7.76. The number of aliphatic hydroxyl groups excluding tert-OH is 1. The van der Waals surface area contributed by atoms with Crippen LogP contribution >= 0.6 is 0 Å². The van der Waals surface area contributed by atoms with Crippen molar-refractivity contribution in [2.75, 3.05) is 0 Å². The molecule has 0 radical (unpaired) electrons. The quantitative estimate of drug-likeness (QED) is 0.794. The van der Waals surface area contributed by atoms with E-state index < -0.39 is 11.5 Å². The second kappa shape index (κ2) is 6.48. The molecule has 7 atom stereocenters. The smallest absolute Gasteiger partial charge is 0.334 e. The van der Waals surface area contributed by atoms with Gasteiger partial charge in [0.05, 0.1) is 18.6 Å². The van der Waals surface area contributed by atoms with Gasteiger partial charge < -0.3 is 19.0 Å². The maximum Gasteiger partial charge on any atom is 0.334 e. The molecule has 1 saturated carbocycles. The summed E-state index contributed by atoms with van der Waals surface area (Å²) in [6.07, 6.45) is 5.40. The van der Waals surface area contributed by atoms with Gasteiger partial charge >= 0.3 is 11.9 Å². The molecular formula is C22H28O6. The van der Waals surface area contributed by atoms with Gasteiger partial charge in [-0.2, -0.15) is 0 Å². The Labute approximate surface area is 164 Å². The van der Waals surface area contributed by atoms with Crippen LogP contribution < -0.4 is 0 Å². The lowest BCUT2D eigenvalue weighted by Gasteiger charge is -2.59. The molecule has 28 heavy (non-hydrogen) atoms. The zero-order valence-electron chi connectivity index (χ0n) is 16.8. The summed E-state index contributed by atoms with van der Waals surface area (Å²) >= 11 is 0. The molecule has 6 nitrogen and oxygen atoms in total. The largest absolute Gasteiger partial charge is 0.472 e. The third-order valence-electron chi connectivity index (χ3n) is 7.57. The number of aliphatic hydroxyl groups is 1. The Bertz CT molecular complexity index is 811. The molecule has 3 aliphatic rings. The Kier molecular flexibility index (Phi) is 4.45. The van der Waals surface area contributed by atoms with Crippen molar-refractivity contribution in [3.05, 3.63) is 35.8 Å². The standard InChI is InChI=1S/C22H28O6/c1-12-9-18-22(4)15(20(25)28-18)5-6-17(27-13(2)23)19(22)21(12,3)10-16(24)14-7-8-26-11-14/h5,7-8,11-12,16-19,24H,6,9-10H2,1-4H3/t12-,16+,17-,18+,19-,21+,22+/m1/s1. The highest BCUT2D eigenvalue weighted by Gasteiger charge is 2.67. The number of hydrogen-bond acceptors (Lipinski definition) is 6. The number of esters is 2. The van der Waals surface area contributed by atoms with Gasteiger partial charge in [-0.25, -0.2) is 4.79 Å². The van der Waals surface area contributed by atoms with Gasteiger partial charge in [-0.05, 0) is 30.2 Å². The highest BCUT2D eigenvalue weighted by atomic mass is 16.6. The zero-order chi connectivity index (χ0) is 20.3. The van der Waals surface area contributed by atoms with Crippen molar-refractivity contribution in [1.82, 2.24) is 0 Å². The Morgan fingerprint density at radius 1 is 1.43 bits per heavy atom. The molecule has 2 aliphatic carbocycles. The molecule has 1 N–H and O–H groups in total. The van der Waals surface area contributed by atoms with E-state index in [0.717, 1.165) is 12.0 Å². The van der Waals surface area contributed by atoms with E-state index in [9.17, 15) is 14.7 Å². The third-order valence-corrected chi connectivity index (χ3v) is 7.57. The first kappa shape index (κ1) is 19.2. The molecule has 0 spiro atoms. The van der Waals surface area contributed by atoms with Crippen molar-refractivity contribution in [2.24, 2.45) is 22.7 Å². The summed E-state index contributed by atoms with van der Waals surface area (Å²) in [4.78, 5) is 24.4. The van der Waals surface area contributed by atoms with E-state index in [2.05, 4.69) is 20.8 Å². The lowest BCUT2D eigenvalue weighted by molar-refractivity contribution is -0.183. The summed E-state index contributed by atoms with van der Waals surface area (Å²) in [5, 5.41) is 10.9. The molecule has 1 saturated heterocycles. The normalized spacial score (nSPS) is 40.3. The van der Waals surface area contributed by atoms with Crippen LogP contribution in [0.15, 0.2) is 34.7 Å². The second-order valence-electron chi connectivity index (χ2n) is 9.07. The molecule has 2 fully saturated rings. The van der Waals surface area contributed by atoms with E-state index in [-0.39, 0.29) is 41.4 Å². The van der Waals surface area contributed by atoms with Gasteiger partial charge in [0.2, 0.25) is 0 Å². The highest BCUT2D eigenvalue weighted by molar-refractivity contribution is 5.93. The Hall–Kier alpha value is -2.08. The van der Waals surface area contributed by atoms with Gasteiger partial charge in [0, 0.05) is 35.8 Å². The molecule has 0 aromatic carbocycles. The average Bonchev–Trinajstić information content (AvgIpc) is 3.21. The van der Waals surface area contributed by atoms with Crippen LogP contribution in [0.25, 0.3) is 0 Å². The van der Waals surface area contributed by atoms with Crippen LogP contribution in [-0.4, -0.2) is 29.3 Å². The number of carbonyl (C=O) groups is 2.